The smallest absolute Gasteiger partial charge is 0.00968 e. The van der Waals surface area contributed by atoms with Gasteiger partial charge in [-0.15, -0.1) is 0 Å². The van der Waals surface area contributed by atoms with Crippen molar-refractivity contribution in [2.45, 2.75) is 19.3 Å². The molecule has 1 unspecified atom stereocenters. The zero-order valence-corrected chi connectivity index (χ0v) is 6.58. The highest BCUT2D eigenvalue weighted by molar-refractivity contribution is 9.09. The molecule has 0 heterocycles. The molecule has 1 rings (SSSR count). The van der Waals surface area contributed by atoms with Gasteiger partial charge in [0.25, 0.3) is 0 Å². The molecule has 46 valence electrons. The Bertz CT molecular complexity index is 96.6. The summed E-state index contributed by atoms with van der Waals surface area (Å²) < 4.78 is 0. The molecule has 0 amide bonds. The van der Waals surface area contributed by atoms with E-state index in [1.165, 1.54) is 24.8 Å². The van der Waals surface area contributed by atoms with Crippen molar-refractivity contribution in [1.82, 2.24) is 0 Å². The summed E-state index contributed by atoms with van der Waals surface area (Å²) in [6.07, 6.45) is 3.97. The first-order valence-electron chi connectivity index (χ1n) is 3.08. The van der Waals surface area contributed by atoms with Crippen molar-refractivity contribution in [2.24, 2.45) is 5.92 Å². The van der Waals surface area contributed by atoms with Crippen LogP contribution >= 0.6 is 15.9 Å². The summed E-state index contributed by atoms with van der Waals surface area (Å²) in [5, 5.41) is 1.12. The monoisotopic (exact) mass is 174 g/mol. The number of hydrogen-bond acceptors (Lipinski definition) is 0. The number of allylic oxidation sites excluding steroid dienone is 1. The van der Waals surface area contributed by atoms with E-state index in [0.29, 0.717) is 0 Å². The fraction of sp³-hybridized carbons (Fsp3) is 0.714. The second-order valence-electron chi connectivity index (χ2n) is 2.40. The maximum absolute atomic E-state index is 3.98. The van der Waals surface area contributed by atoms with E-state index in [-0.39, 0.29) is 0 Å². The van der Waals surface area contributed by atoms with E-state index < -0.39 is 0 Å². The van der Waals surface area contributed by atoms with Crippen LogP contribution in [0.5, 0.6) is 0 Å². The van der Waals surface area contributed by atoms with Crippen LogP contribution in [0.4, 0.5) is 0 Å². The van der Waals surface area contributed by atoms with Crippen LogP contribution in [-0.4, -0.2) is 5.33 Å². The summed E-state index contributed by atoms with van der Waals surface area (Å²) in [4.78, 5) is 0. The molecule has 0 aliphatic heterocycles. The summed E-state index contributed by atoms with van der Waals surface area (Å²) in [5.74, 6) is 0.787. The van der Waals surface area contributed by atoms with Crippen molar-refractivity contribution in [3.63, 3.8) is 0 Å². The quantitative estimate of drug-likeness (QED) is 0.424. The first kappa shape index (κ1) is 6.34. The normalized spacial score (nSPS) is 29.1. The van der Waals surface area contributed by atoms with Crippen molar-refractivity contribution < 1.29 is 0 Å². The van der Waals surface area contributed by atoms with Crippen LogP contribution in [0.25, 0.3) is 0 Å². The first-order chi connectivity index (χ1) is 3.84. The number of rotatable bonds is 1. The summed E-state index contributed by atoms with van der Waals surface area (Å²) in [6, 6.07) is 0. The van der Waals surface area contributed by atoms with Gasteiger partial charge in [0.05, 0.1) is 0 Å². The number of alkyl halides is 1. The molecule has 0 spiro atoms. The van der Waals surface area contributed by atoms with Gasteiger partial charge in [-0.25, -0.2) is 0 Å². The lowest BCUT2D eigenvalue weighted by Gasteiger charge is -2.02. The Morgan fingerprint density at radius 1 is 1.75 bits per heavy atom. The van der Waals surface area contributed by atoms with Gasteiger partial charge in [-0.05, 0) is 25.2 Å². The maximum atomic E-state index is 3.98. The molecule has 0 radical (unpaired) electrons. The molecule has 1 aliphatic carbocycles. The zero-order valence-electron chi connectivity index (χ0n) is 4.99. The van der Waals surface area contributed by atoms with Gasteiger partial charge in [0.15, 0.2) is 0 Å². The van der Waals surface area contributed by atoms with Gasteiger partial charge in [-0.3, -0.25) is 0 Å². The summed E-state index contributed by atoms with van der Waals surface area (Å²) in [5.41, 5.74) is 1.45. The van der Waals surface area contributed by atoms with E-state index in [1.807, 2.05) is 0 Å². The molecule has 1 aliphatic rings. The fourth-order valence-electron chi connectivity index (χ4n) is 1.17. The van der Waals surface area contributed by atoms with Crippen LogP contribution in [0.15, 0.2) is 12.2 Å². The third-order valence-electron chi connectivity index (χ3n) is 1.81. The maximum Gasteiger partial charge on any atom is 0.00968 e. The van der Waals surface area contributed by atoms with Gasteiger partial charge in [-0.2, -0.15) is 0 Å². The van der Waals surface area contributed by atoms with Gasteiger partial charge < -0.3 is 0 Å². The largest absolute Gasteiger partial charge is 0.0996 e. The van der Waals surface area contributed by atoms with Crippen molar-refractivity contribution in [3.8, 4) is 0 Å². The number of halogens is 1. The van der Waals surface area contributed by atoms with E-state index >= 15 is 0 Å². The summed E-state index contributed by atoms with van der Waals surface area (Å²) >= 11 is 3.46. The zero-order chi connectivity index (χ0) is 5.98. The Labute approximate surface area is 59.1 Å². The predicted molar refractivity (Wildman–Crippen MR) is 40.3 cm³/mol. The predicted octanol–water partition coefficient (Wildman–Crippen LogP) is 2.74. The van der Waals surface area contributed by atoms with Crippen LogP contribution in [0.3, 0.4) is 0 Å². The molecule has 0 aromatic rings. The third kappa shape index (κ3) is 1.13. The van der Waals surface area contributed by atoms with Crippen molar-refractivity contribution in [2.75, 3.05) is 5.33 Å². The van der Waals surface area contributed by atoms with Gasteiger partial charge in [0, 0.05) is 5.33 Å². The molecule has 8 heavy (non-hydrogen) atoms. The van der Waals surface area contributed by atoms with Crippen LogP contribution in [0, 0.1) is 5.92 Å². The van der Waals surface area contributed by atoms with E-state index in [1.54, 1.807) is 0 Å². The Kier molecular flexibility index (Phi) is 2.12. The SMILES string of the molecule is C=C1CCCC1CBr. The molecule has 0 aromatic heterocycles. The van der Waals surface area contributed by atoms with Crippen LogP contribution in [0.2, 0.25) is 0 Å². The first-order valence-corrected chi connectivity index (χ1v) is 4.20. The standard InChI is InChI=1S/C7H11Br/c1-6-3-2-4-7(6)5-8/h7H,1-5H2. The average Bonchev–Trinajstić information content (AvgIpc) is 2.14. The summed E-state index contributed by atoms with van der Waals surface area (Å²) in [7, 11) is 0. The average molecular weight is 175 g/mol. The molecular formula is C7H11Br. The second-order valence-corrected chi connectivity index (χ2v) is 3.05. The lowest BCUT2D eigenvalue weighted by atomic mass is 10.1. The van der Waals surface area contributed by atoms with Gasteiger partial charge in [0.2, 0.25) is 0 Å². The van der Waals surface area contributed by atoms with Crippen molar-refractivity contribution in [1.29, 1.82) is 0 Å². The minimum atomic E-state index is 0.787. The van der Waals surface area contributed by atoms with Crippen LogP contribution in [-0.2, 0) is 0 Å². The number of hydrogen-bond donors (Lipinski definition) is 0. The second kappa shape index (κ2) is 2.67. The molecule has 0 aromatic carbocycles. The van der Waals surface area contributed by atoms with E-state index in [0.717, 1.165) is 11.2 Å². The van der Waals surface area contributed by atoms with Crippen LogP contribution < -0.4 is 0 Å². The molecular weight excluding hydrogens is 164 g/mol. The Morgan fingerprint density at radius 2 is 2.50 bits per heavy atom. The van der Waals surface area contributed by atoms with Gasteiger partial charge in [-0.1, -0.05) is 28.1 Å². The molecule has 1 saturated carbocycles. The molecule has 0 saturated heterocycles. The lowest BCUT2D eigenvalue weighted by Crippen LogP contribution is -1.94. The Hall–Kier alpha value is 0.220. The highest BCUT2D eigenvalue weighted by Crippen LogP contribution is 2.30. The minimum absolute atomic E-state index is 0.787. The summed E-state index contributed by atoms with van der Waals surface area (Å²) in [6.45, 7) is 3.98. The van der Waals surface area contributed by atoms with Crippen molar-refractivity contribution in [3.05, 3.63) is 12.2 Å². The molecule has 1 atom stereocenters. The fourth-order valence-corrected chi connectivity index (χ4v) is 1.95. The molecule has 0 N–H and O–H groups in total. The topological polar surface area (TPSA) is 0 Å². The van der Waals surface area contributed by atoms with E-state index in [2.05, 4.69) is 22.5 Å². The van der Waals surface area contributed by atoms with Gasteiger partial charge in [0.1, 0.15) is 0 Å². The molecule has 0 bridgehead atoms. The highest BCUT2D eigenvalue weighted by Gasteiger charge is 2.16. The van der Waals surface area contributed by atoms with Gasteiger partial charge >= 0.3 is 0 Å². The minimum Gasteiger partial charge on any atom is -0.0996 e. The van der Waals surface area contributed by atoms with Crippen LogP contribution in [0.1, 0.15) is 19.3 Å². The molecule has 1 heteroatoms. The van der Waals surface area contributed by atoms with Crippen molar-refractivity contribution >= 4 is 15.9 Å². The van der Waals surface area contributed by atoms with E-state index in [4.69, 9.17) is 0 Å². The highest BCUT2D eigenvalue weighted by atomic mass is 79.9. The lowest BCUT2D eigenvalue weighted by molar-refractivity contribution is 0.712. The third-order valence-corrected chi connectivity index (χ3v) is 2.60. The molecule has 0 nitrogen and oxygen atoms in total. The Morgan fingerprint density at radius 3 is 2.75 bits per heavy atom. The Balaban J connectivity index is 2.42. The van der Waals surface area contributed by atoms with E-state index in [9.17, 15) is 0 Å². The molecule has 1 fully saturated rings.